The van der Waals surface area contributed by atoms with Gasteiger partial charge in [-0.15, -0.1) is 10.2 Å². The number of para-hydroxylation sites is 1. The molecule has 33 heavy (non-hydrogen) atoms. The lowest BCUT2D eigenvalue weighted by Gasteiger charge is -2.21. The Hall–Kier alpha value is -3.21. The van der Waals surface area contributed by atoms with Crippen LogP contribution in [0.15, 0.2) is 64.8 Å². The van der Waals surface area contributed by atoms with Crippen molar-refractivity contribution in [2.75, 3.05) is 26.0 Å². The number of aromatic amines is 1. The Morgan fingerprint density at radius 1 is 1.24 bits per heavy atom. The smallest absolute Gasteiger partial charge is 0.258 e. The number of thioether (sulfide) groups is 1. The molecule has 0 aliphatic rings. The number of nitrogens with zero attached hydrogens (tertiary/aromatic N) is 5. The molecule has 170 valence electrons. The average Bonchev–Trinajstić information content (AvgIpc) is 3.29. The maximum atomic E-state index is 13.1. The molecule has 2 heterocycles. The number of H-pyrrole nitrogens is 1. The molecule has 0 aliphatic heterocycles. The van der Waals surface area contributed by atoms with Crippen molar-refractivity contribution in [2.45, 2.75) is 11.7 Å². The van der Waals surface area contributed by atoms with Gasteiger partial charge in [-0.25, -0.2) is 4.98 Å². The number of ether oxygens (including phenoxy) is 1. The van der Waals surface area contributed by atoms with Gasteiger partial charge >= 0.3 is 0 Å². The summed E-state index contributed by atoms with van der Waals surface area (Å²) in [6, 6.07) is 14.4. The Morgan fingerprint density at radius 3 is 2.91 bits per heavy atom. The number of rotatable bonds is 9. The Kier molecular flexibility index (Phi) is 7.38. The van der Waals surface area contributed by atoms with Crippen molar-refractivity contribution in [3.8, 4) is 5.69 Å². The summed E-state index contributed by atoms with van der Waals surface area (Å²) < 4.78 is 6.93. The van der Waals surface area contributed by atoms with Gasteiger partial charge in [0.25, 0.3) is 5.56 Å². The van der Waals surface area contributed by atoms with Crippen LogP contribution in [0.25, 0.3) is 16.6 Å². The number of hydrogen-bond acceptors (Lipinski definition) is 7. The maximum Gasteiger partial charge on any atom is 0.258 e. The van der Waals surface area contributed by atoms with E-state index in [0.29, 0.717) is 40.1 Å². The topological polar surface area (TPSA) is 106 Å². The molecule has 4 rings (SSSR count). The van der Waals surface area contributed by atoms with Crippen LogP contribution in [0.2, 0.25) is 5.02 Å². The van der Waals surface area contributed by atoms with Crippen LogP contribution in [-0.2, 0) is 16.1 Å². The van der Waals surface area contributed by atoms with Crippen LogP contribution in [0.4, 0.5) is 0 Å². The van der Waals surface area contributed by atoms with Gasteiger partial charge < -0.3 is 14.6 Å². The second-order valence-corrected chi connectivity index (χ2v) is 8.47. The maximum absolute atomic E-state index is 13.1. The van der Waals surface area contributed by atoms with Gasteiger partial charge in [-0.2, -0.15) is 0 Å². The second kappa shape index (κ2) is 10.6. The molecule has 0 fully saturated rings. The minimum atomic E-state index is -0.237. The van der Waals surface area contributed by atoms with E-state index >= 15 is 0 Å². The molecule has 0 saturated heterocycles. The highest BCUT2D eigenvalue weighted by atomic mass is 35.5. The van der Waals surface area contributed by atoms with Crippen molar-refractivity contribution in [3.63, 3.8) is 0 Å². The van der Waals surface area contributed by atoms with Crippen LogP contribution in [0.3, 0.4) is 0 Å². The van der Waals surface area contributed by atoms with E-state index in [1.54, 1.807) is 53.2 Å². The van der Waals surface area contributed by atoms with E-state index in [-0.39, 0.29) is 23.8 Å². The van der Waals surface area contributed by atoms with Crippen molar-refractivity contribution in [1.29, 1.82) is 0 Å². The molecule has 11 heteroatoms. The minimum absolute atomic E-state index is 0.126. The molecule has 0 bridgehead atoms. The van der Waals surface area contributed by atoms with E-state index in [1.807, 2.05) is 18.2 Å². The second-order valence-electron chi connectivity index (χ2n) is 7.09. The van der Waals surface area contributed by atoms with Crippen LogP contribution >= 0.6 is 23.4 Å². The first-order valence-corrected chi connectivity index (χ1v) is 11.4. The average molecular weight is 485 g/mol. The zero-order chi connectivity index (χ0) is 23.2. The van der Waals surface area contributed by atoms with Gasteiger partial charge in [0.2, 0.25) is 5.91 Å². The van der Waals surface area contributed by atoms with Crippen LogP contribution < -0.4 is 5.56 Å². The number of carbonyl (C=O) groups excluding carboxylic acids is 1. The number of halogens is 1. The van der Waals surface area contributed by atoms with Gasteiger partial charge in [0.1, 0.15) is 12.2 Å². The van der Waals surface area contributed by atoms with Crippen LogP contribution in [0.5, 0.6) is 0 Å². The highest BCUT2D eigenvalue weighted by Crippen LogP contribution is 2.22. The lowest BCUT2D eigenvalue weighted by atomic mass is 10.2. The van der Waals surface area contributed by atoms with Crippen LogP contribution in [0.1, 0.15) is 5.82 Å². The van der Waals surface area contributed by atoms with Gasteiger partial charge in [0.15, 0.2) is 5.16 Å². The molecule has 1 amide bonds. The first-order chi connectivity index (χ1) is 16.0. The lowest BCUT2D eigenvalue weighted by molar-refractivity contribution is -0.129. The Balaban J connectivity index is 1.49. The number of methoxy groups -OCH3 is 1. The third-order valence-electron chi connectivity index (χ3n) is 4.85. The monoisotopic (exact) mass is 484 g/mol. The first kappa shape index (κ1) is 23.0. The molecular weight excluding hydrogens is 464 g/mol. The summed E-state index contributed by atoms with van der Waals surface area (Å²) in [4.78, 5) is 34.3. The van der Waals surface area contributed by atoms with Gasteiger partial charge in [0, 0.05) is 18.7 Å². The number of benzene rings is 2. The predicted octanol–water partition coefficient (Wildman–Crippen LogP) is 2.92. The van der Waals surface area contributed by atoms with E-state index in [9.17, 15) is 9.59 Å². The lowest BCUT2D eigenvalue weighted by Crippen LogP contribution is -2.36. The van der Waals surface area contributed by atoms with Crippen molar-refractivity contribution in [3.05, 3.63) is 76.1 Å². The van der Waals surface area contributed by atoms with Crippen molar-refractivity contribution < 1.29 is 9.53 Å². The normalized spacial score (nSPS) is 11.1. The third-order valence-corrected chi connectivity index (χ3v) is 6.01. The largest absolute Gasteiger partial charge is 0.383 e. The number of nitrogens with one attached hydrogen (secondary N) is 1. The zero-order valence-corrected chi connectivity index (χ0v) is 19.3. The van der Waals surface area contributed by atoms with E-state index in [0.717, 1.165) is 5.69 Å². The van der Waals surface area contributed by atoms with Gasteiger partial charge in [-0.1, -0.05) is 41.6 Å². The molecule has 0 saturated carbocycles. The van der Waals surface area contributed by atoms with E-state index in [1.165, 1.54) is 11.8 Å². The summed E-state index contributed by atoms with van der Waals surface area (Å²) in [5.74, 6) is 0.393. The van der Waals surface area contributed by atoms with Crippen LogP contribution in [-0.4, -0.2) is 61.6 Å². The van der Waals surface area contributed by atoms with Crippen molar-refractivity contribution in [2.24, 2.45) is 0 Å². The fourth-order valence-electron chi connectivity index (χ4n) is 3.23. The standard InChI is InChI=1S/C22H21ClN6O3S/c1-32-10-9-28(12-19-25-18-8-3-2-7-17(18)21(31)26-19)20(30)13-33-22-27-24-14-29(22)16-6-4-5-15(23)11-16/h2-8,11,14H,9-10,12-13H2,1H3,(H,25,26,31). The summed E-state index contributed by atoms with van der Waals surface area (Å²) >= 11 is 7.35. The molecule has 0 spiro atoms. The van der Waals surface area contributed by atoms with E-state index in [4.69, 9.17) is 16.3 Å². The summed E-state index contributed by atoms with van der Waals surface area (Å²) in [6.07, 6.45) is 1.57. The number of aromatic nitrogens is 5. The van der Waals surface area contributed by atoms with E-state index in [2.05, 4.69) is 20.2 Å². The van der Waals surface area contributed by atoms with Crippen molar-refractivity contribution in [1.82, 2.24) is 29.6 Å². The molecule has 0 unspecified atom stereocenters. The number of amides is 1. The third kappa shape index (κ3) is 5.59. The Morgan fingerprint density at radius 2 is 2.09 bits per heavy atom. The fraction of sp³-hybridized carbons (Fsp3) is 0.227. The predicted molar refractivity (Wildman–Crippen MR) is 127 cm³/mol. The zero-order valence-electron chi connectivity index (χ0n) is 17.8. The molecule has 0 atom stereocenters. The van der Waals surface area contributed by atoms with Crippen LogP contribution in [0, 0.1) is 0 Å². The highest BCUT2D eigenvalue weighted by Gasteiger charge is 2.18. The molecule has 1 N–H and O–H groups in total. The van der Waals surface area contributed by atoms with E-state index < -0.39 is 0 Å². The quantitative estimate of drug-likeness (QED) is 0.364. The number of carbonyl (C=O) groups is 1. The fourth-order valence-corrected chi connectivity index (χ4v) is 4.24. The SMILES string of the molecule is COCCN(Cc1nc2ccccc2c(=O)[nH]1)C(=O)CSc1nncn1-c1cccc(Cl)c1. The molecule has 9 nitrogen and oxygen atoms in total. The summed E-state index contributed by atoms with van der Waals surface area (Å²) in [5.41, 5.74) is 1.15. The van der Waals surface area contributed by atoms with Gasteiger partial charge in [-0.05, 0) is 30.3 Å². The highest BCUT2D eigenvalue weighted by molar-refractivity contribution is 7.99. The Labute approximate surface area is 198 Å². The molecule has 0 aliphatic carbocycles. The van der Waals surface area contributed by atoms with Gasteiger partial charge in [0.05, 0.1) is 35.5 Å². The summed E-state index contributed by atoms with van der Waals surface area (Å²) in [7, 11) is 1.57. The summed E-state index contributed by atoms with van der Waals surface area (Å²) in [5, 5.41) is 9.75. The molecule has 4 aromatic rings. The molecule has 2 aromatic heterocycles. The van der Waals surface area contributed by atoms with Crippen molar-refractivity contribution >= 4 is 40.2 Å². The first-order valence-electron chi connectivity index (χ1n) is 10.1. The number of fused-ring (bicyclic) bond motifs is 1. The summed E-state index contributed by atoms with van der Waals surface area (Å²) in [6.45, 7) is 0.865. The number of hydrogen-bond donors (Lipinski definition) is 1. The minimum Gasteiger partial charge on any atom is -0.383 e. The molecule has 0 radical (unpaired) electrons. The Bertz CT molecular complexity index is 1320. The molecule has 2 aromatic carbocycles. The van der Waals surface area contributed by atoms with Gasteiger partial charge in [-0.3, -0.25) is 14.2 Å². The molecular formula is C22H21ClN6O3S.